The fourth-order valence-corrected chi connectivity index (χ4v) is 3.80. The molecule has 1 aromatic rings. The van der Waals surface area contributed by atoms with Gasteiger partial charge in [-0.05, 0) is 58.7 Å². The molecule has 0 heterocycles. The quantitative estimate of drug-likeness (QED) is 0.276. The van der Waals surface area contributed by atoms with E-state index in [2.05, 4.69) is 17.6 Å². The van der Waals surface area contributed by atoms with Gasteiger partial charge in [-0.2, -0.15) is 0 Å². The summed E-state index contributed by atoms with van der Waals surface area (Å²) in [6.45, 7) is 11.0. The summed E-state index contributed by atoms with van der Waals surface area (Å²) in [5.41, 5.74) is 5.07. The number of amides is 4. The van der Waals surface area contributed by atoms with Crippen molar-refractivity contribution in [2.75, 3.05) is 6.54 Å². The lowest BCUT2D eigenvalue weighted by Crippen LogP contribution is -2.54. The third kappa shape index (κ3) is 12.0. The highest BCUT2D eigenvalue weighted by molar-refractivity contribution is 5.94. The van der Waals surface area contributed by atoms with Crippen LogP contribution in [0.15, 0.2) is 24.3 Å². The smallest absolute Gasteiger partial charge is 0.408 e. The van der Waals surface area contributed by atoms with Gasteiger partial charge in [0, 0.05) is 12.6 Å². The summed E-state index contributed by atoms with van der Waals surface area (Å²) in [6.07, 6.45) is 3.20. The van der Waals surface area contributed by atoms with Crippen molar-refractivity contribution in [3.8, 4) is 5.75 Å². The number of rotatable bonds is 14. The molecule has 5 N–H and O–H groups in total. The van der Waals surface area contributed by atoms with E-state index in [-0.39, 0.29) is 18.3 Å². The molecule has 10 heteroatoms. The van der Waals surface area contributed by atoms with Crippen LogP contribution in [0.3, 0.4) is 0 Å². The number of carbonyl (C=O) groups excluding carboxylic acids is 4. The third-order valence-corrected chi connectivity index (χ3v) is 5.38. The largest absolute Gasteiger partial charge is 0.508 e. The molecule has 0 aliphatic heterocycles. The van der Waals surface area contributed by atoms with Crippen LogP contribution in [0.5, 0.6) is 5.75 Å². The van der Waals surface area contributed by atoms with Crippen molar-refractivity contribution in [2.45, 2.75) is 104 Å². The number of benzene rings is 1. The highest BCUT2D eigenvalue weighted by Crippen LogP contribution is 2.26. The number of unbranched alkanes of at least 4 members (excludes halogenated alkanes) is 4. The SMILES string of the molecule is CCCCCCCN(C(=O)C(CC(N)=O)NC(=O)OC(C)(C)C)C(C(=O)NC(C)C)c1ccc(O)cc1. The van der Waals surface area contributed by atoms with E-state index in [1.807, 2.05) is 13.8 Å². The highest BCUT2D eigenvalue weighted by atomic mass is 16.6. The average Bonchev–Trinajstić information content (AvgIpc) is 2.76. The number of aromatic hydroxyl groups is 1. The molecule has 0 spiro atoms. The summed E-state index contributed by atoms with van der Waals surface area (Å²) in [7, 11) is 0. The van der Waals surface area contributed by atoms with Gasteiger partial charge in [0.05, 0.1) is 6.42 Å². The minimum absolute atomic E-state index is 0.0161. The van der Waals surface area contributed by atoms with Crippen LogP contribution in [0.4, 0.5) is 4.79 Å². The number of hydrogen-bond acceptors (Lipinski definition) is 6. The van der Waals surface area contributed by atoms with Crippen molar-refractivity contribution in [3.63, 3.8) is 0 Å². The molecule has 2 unspecified atom stereocenters. The van der Waals surface area contributed by atoms with Crippen LogP contribution < -0.4 is 16.4 Å². The first-order valence-electron chi connectivity index (χ1n) is 12.9. The monoisotopic (exact) mass is 520 g/mol. The maximum absolute atomic E-state index is 13.9. The first-order valence-corrected chi connectivity index (χ1v) is 12.9. The molecule has 0 aliphatic carbocycles. The van der Waals surface area contributed by atoms with Gasteiger partial charge in [-0.1, -0.05) is 44.7 Å². The van der Waals surface area contributed by atoms with Crippen molar-refractivity contribution in [2.24, 2.45) is 5.73 Å². The molecule has 10 nitrogen and oxygen atoms in total. The van der Waals surface area contributed by atoms with Crippen LogP contribution in [0, 0.1) is 0 Å². The number of nitrogens with one attached hydrogen (secondary N) is 2. The van der Waals surface area contributed by atoms with Gasteiger partial charge in [-0.15, -0.1) is 0 Å². The average molecular weight is 521 g/mol. The Bertz CT molecular complexity index is 895. The minimum atomic E-state index is -1.32. The Morgan fingerprint density at radius 2 is 1.59 bits per heavy atom. The van der Waals surface area contributed by atoms with Crippen LogP contribution in [0.2, 0.25) is 0 Å². The van der Waals surface area contributed by atoms with Crippen LogP contribution >= 0.6 is 0 Å². The topological polar surface area (TPSA) is 151 Å². The molecule has 37 heavy (non-hydrogen) atoms. The van der Waals surface area contributed by atoms with Crippen molar-refractivity contribution < 1.29 is 29.0 Å². The second kappa shape index (κ2) is 15.1. The van der Waals surface area contributed by atoms with Gasteiger partial charge >= 0.3 is 6.09 Å². The van der Waals surface area contributed by atoms with E-state index in [0.717, 1.165) is 25.7 Å². The van der Waals surface area contributed by atoms with E-state index in [0.29, 0.717) is 12.0 Å². The summed E-state index contributed by atoms with van der Waals surface area (Å²) in [5.74, 6) is -1.82. The van der Waals surface area contributed by atoms with E-state index in [9.17, 15) is 24.3 Å². The zero-order chi connectivity index (χ0) is 28.2. The fourth-order valence-electron chi connectivity index (χ4n) is 3.80. The normalized spacial score (nSPS) is 12.9. The summed E-state index contributed by atoms with van der Waals surface area (Å²) in [6, 6.07) is 3.44. The van der Waals surface area contributed by atoms with Crippen LogP contribution in [0.25, 0.3) is 0 Å². The Morgan fingerprint density at radius 3 is 2.11 bits per heavy atom. The summed E-state index contributed by atoms with van der Waals surface area (Å²) < 4.78 is 5.28. The highest BCUT2D eigenvalue weighted by Gasteiger charge is 2.37. The van der Waals surface area contributed by atoms with E-state index < -0.39 is 47.9 Å². The van der Waals surface area contributed by atoms with Gasteiger partial charge < -0.3 is 31.1 Å². The molecule has 0 radical (unpaired) electrons. The summed E-state index contributed by atoms with van der Waals surface area (Å²) in [4.78, 5) is 53.0. The number of primary amides is 1. The lowest BCUT2D eigenvalue weighted by atomic mass is 10.0. The molecule has 1 aromatic carbocycles. The molecule has 0 bridgehead atoms. The molecule has 0 aliphatic rings. The Kier molecular flexibility index (Phi) is 12.9. The van der Waals surface area contributed by atoms with E-state index in [1.165, 1.54) is 17.0 Å². The van der Waals surface area contributed by atoms with Gasteiger partial charge in [0.15, 0.2) is 0 Å². The molecular formula is C27H44N4O6. The predicted molar refractivity (Wildman–Crippen MR) is 142 cm³/mol. The van der Waals surface area contributed by atoms with Gasteiger partial charge in [0.25, 0.3) is 0 Å². The molecule has 0 aromatic heterocycles. The number of alkyl carbamates (subject to hydrolysis) is 1. The molecule has 1 rings (SSSR count). The standard InChI is InChI=1S/C27H44N4O6/c1-7-8-9-10-11-16-31(23(24(34)29-18(2)3)19-12-14-20(32)15-13-19)25(35)21(17-22(28)33)30-26(36)37-27(4,5)6/h12-15,18,21,23,32H,7-11,16-17H2,1-6H3,(H2,28,33)(H,29,34)(H,30,36). The van der Waals surface area contributed by atoms with Gasteiger partial charge in [-0.3, -0.25) is 14.4 Å². The number of carbonyl (C=O) groups is 4. The summed E-state index contributed by atoms with van der Waals surface area (Å²) in [5, 5.41) is 15.1. The van der Waals surface area contributed by atoms with Crippen molar-refractivity contribution in [1.82, 2.24) is 15.5 Å². The van der Waals surface area contributed by atoms with Gasteiger partial charge in [-0.25, -0.2) is 4.79 Å². The number of nitrogens with zero attached hydrogens (tertiary/aromatic N) is 1. The molecule has 0 saturated heterocycles. The molecule has 0 fully saturated rings. The Hall–Kier alpha value is -3.30. The summed E-state index contributed by atoms with van der Waals surface area (Å²) >= 11 is 0. The molecule has 208 valence electrons. The predicted octanol–water partition coefficient (Wildman–Crippen LogP) is 3.53. The Labute approximate surface area is 220 Å². The number of phenolic OH excluding ortho intramolecular Hbond substituents is 1. The van der Waals surface area contributed by atoms with Gasteiger partial charge in [0.1, 0.15) is 23.4 Å². The van der Waals surface area contributed by atoms with Crippen LogP contribution in [0.1, 0.15) is 91.7 Å². The minimum Gasteiger partial charge on any atom is -0.508 e. The first kappa shape index (κ1) is 31.7. The molecule has 0 saturated carbocycles. The maximum Gasteiger partial charge on any atom is 0.408 e. The first-order chi connectivity index (χ1) is 17.2. The van der Waals surface area contributed by atoms with Crippen molar-refractivity contribution >= 4 is 23.8 Å². The third-order valence-electron chi connectivity index (χ3n) is 5.38. The van der Waals surface area contributed by atoms with E-state index >= 15 is 0 Å². The Balaban J connectivity index is 3.44. The maximum atomic E-state index is 13.9. The lowest BCUT2D eigenvalue weighted by molar-refractivity contribution is -0.143. The molecular weight excluding hydrogens is 476 g/mol. The van der Waals surface area contributed by atoms with E-state index in [4.69, 9.17) is 10.5 Å². The Morgan fingerprint density at radius 1 is 1.00 bits per heavy atom. The zero-order valence-electron chi connectivity index (χ0n) is 23.0. The van der Waals surface area contributed by atoms with Crippen molar-refractivity contribution in [3.05, 3.63) is 29.8 Å². The number of ether oxygens (including phenoxy) is 1. The number of phenols is 1. The van der Waals surface area contributed by atoms with Crippen molar-refractivity contribution in [1.29, 1.82) is 0 Å². The second-order valence-electron chi connectivity index (χ2n) is 10.5. The molecule has 2 atom stereocenters. The van der Waals surface area contributed by atoms with E-state index in [1.54, 1.807) is 32.9 Å². The number of nitrogens with two attached hydrogens (primary N) is 1. The zero-order valence-corrected chi connectivity index (χ0v) is 23.0. The van der Waals surface area contributed by atoms with Crippen LogP contribution in [-0.4, -0.2) is 58.1 Å². The number of hydrogen-bond donors (Lipinski definition) is 4. The van der Waals surface area contributed by atoms with Crippen LogP contribution in [-0.2, 0) is 19.1 Å². The lowest BCUT2D eigenvalue weighted by Gasteiger charge is -2.34. The van der Waals surface area contributed by atoms with Gasteiger partial charge in [0.2, 0.25) is 17.7 Å². The second-order valence-corrected chi connectivity index (χ2v) is 10.5. The fraction of sp³-hybridized carbons (Fsp3) is 0.630. The molecule has 4 amide bonds.